The SMILES string of the molecule is C=C[C@@H]1C[C@]1(N)C(=O)NS(=O)[O-]. The molecule has 68 valence electrons. The zero-order valence-electron chi connectivity index (χ0n) is 6.28. The molecule has 5 nitrogen and oxygen atoms in total. The lowest BCUT2D eigenvalue weighted by molar-refractivity contribution is -0.121. The Kier molecular flexibility index (Phi) is 2.31. The second-order valence-corrected chi connectivity index (χ2v) is 3.43. The molecule has 1 unspecified atom stereocenters. The maximum absolute atomic E-state index is 11.0. The van der Waals surface area contributed by atoms with Gasteiger partial charge in [0.1, 0.15) is 5.54 Å². The van der Waals surface area contributed by atoms with Crippen molar-refractivity contribution in [1.82, 2.24) is 4.72 Å². The average Bonchev–Trinajstić information content (AvgIpc) is 2.62. The van der Waals surface area contributed by atoms with Crippen molar-refractivity contribution < 1.29 is 13.6 Å². The van der Waals surface area contributed by atoms with Crippen LogP contribution in [-0.4, -0.2) is 20.2 Å². The van der Waals surface area contributed by atoms with Crippen LogP contribution >= 0.6 is 0 Å². The van der Waals surface area contributed by atoms with Crippen LogP contribution < -0.4 is 10.5 Å². The number of amides is 1. The number of hydrogen-bond donors (Lipinski definition) is 2. The maximum atomic E-state index is 11.0. The van der Waals surface area contributed by atoms with Crippen molar-refractivity contribution >= 4 is 17.2 Å². The van der Waals surface area contributed by atoms with Gasteiger partial charge in [0.2, 0.25) is 0 Å². The Morgan fingerprint density at radius 3 is 2.83 bits per heavy atom. The number of carbonyl (C=O) groups excluding carboxylic acids is 1. The molecule has 1 saturated carbocycles. The van der Waals surface area contributed by atoms with Gasteiger partial charge in [0.25, 0.3) is 5.91 Å². The number of nitrogens with one attached hydrogen (secondary N) is 1. The van der Waals surface area contributed by atoms with Gasteiger partial charge in [-0.25, -0.2) is 0 Å². The number of hydrogen-bond acceptors (Lipinski definition) is 4. The van der Waals surface area contributed by atoms with Crippen molar-refractivity contribution in [3.05, 3.63) is 12.7 Å². The molecule has 1 fully saturated rings. The average molecular weight is 189 g/mol. The highest BCUT2D eigenvalue weighted by Gasteiger charge is 2.55. The molecule has 0 radical (unpaired) electrons. The van der Waals surface area contributed by atoms with Crippen LogP contribution in [0.1, 0.15) is 6.42 Å². The van der Waals surface area contributed by atoms with Crippen molar-refractivity contribution in [3.8, 4) is 0 Å². The maximum Gasteiger partial charge on any atom is 0.251 e. The minimum absolute atomic E-state index is 0.110. The molecule has 0 spiro atoms. The summed E-state index contributed by atoms with van der Waals surface area (Å²) in [4.78, 5) is 11.0. The van der Waals surface area contributed by atoms with Gasteiger partial charge in [-0.05, 0) is 6.42 Å². The fourth-order valence-electron chi connectivity index (χ4n) is 1.03. The Labute approximate surface area is 72.4 Å². The highest BCUT2D eigenvalue weighted by Crippen LogP contribution is 2.41. The van der Waals surface area contributed by atoms with E-state index in [0.717, 1.165) is 0 Å². The zero-order chi connectivity index (χ0) is 9.35. The van der Waals surface area contributed by atoms with Gasteiger partial charge in [-0.15, -0.1) is 6.58 Å². The van der Waals surface area contributed by atoms with E-state index in [-0.39, 0.29) is 5.92 Å². The molecule has 0 saturated heterocycles. The second kappa shape index (κ2) is 2.96. The van der Waals surface area contributed by atoms with Crippen LogP contribution in [0.4, 0.5) is 0 Å². The molecule has 1 aliphatic rings. The molecule has 6 heteroatoms. The quantitative estimate of drug-likeness (QED) is 0.430. The molecule has 3 atom stereocenters. The van der Waals surface area contributed by atoms with E-state index in [0.29, 0.717) is 6.42 Å². The van der Waals surface area contributed by atoms with Crippen LogP contribution in [0.2, 0.25) is 0 Å². The van der Waals surface area contributed by atoms with Crippen LogP contribution in [-0.2, 0) is 16.1 Å². The lowest BCUT2D eigenvalue weighted by Gasteiger charge is -2.12. The third-order valence-electron chi connectivity index (χ3n) is 1.94. The topological polar surface area (TPSA) is 95.2 Å². The molecule has 0 aromatic carbocycles. The number of rotatable bonds is 3. The van der Waals surface area contributed by atoms with E-state index in [1.54, 1.807) is 10.8 Å². The lowest BCUT2D eigenvalue weighted by atomic mass is 10.2. The summed E-state index contributed by atoms with van der Waals surface area (Å²) in [5, 5.41) is 0. The molecule has 1 amide bonds. The van der Waals surface area contributed by atoms with E-state index in [9.17, 15) is 13.6 Å². The van der Waals surface area contributed by atoms with Crippen molar-refractivity contribution in [2.24, 2.45) is 11.7 Å². The first kappa shape index (κ1) is 9.37. The summed E-state index contributed by atoms with van der Waals surface area (Å²) in [6.07, 6.45) is 2.01. The molecule has 0 aliphatic heterocycles. The predicted octanol–water partition coefficient (Wildman–Crippen LogP) is -1.20. The standard InChI is InChI=1S/C6H10N2O3S/c1-2-4-3-6(4,7)5(9)8-12(10)11/h2,4H,1,3,7H2,(H,8,9)(H,10,11)/p-1/t4-,6-/m1/s1. The van der Waals surface area contributed by atoms with Crippen LogP contribution in [0.25, 0.3) is 0 Å². The first-order valence-electron chi connectivity index (χ1n) is 3.32. The van der Waals surface area contributed by atoms with Gasteiger partial charge in [-0.1, -0.05) is 6.08 Å². The fourth-order valence-corrected chi connectivity index (χ4v) is 1.37. The molecular weight excluding hydrogens is 180 g/mol. The van der Waals surface area contributed by atoms with Crippen molar-refractivity contribution in [2.75, 3.05) is 0 Å². The van der Waals surface area contributed by atoms with Crippen molar-refractivity contribution in [2.45, 2.75) is 12.0 Å². The van der Waals surface area contributed by atoms with Gasteiger partial charge >= 0.3 is 0 Å². The van der Waals surface area contributed by atoms with Gasteiger partial charge in [0, 0.05) is 17.2 Å². The molecule has 0 aromatic rings. The third kappa shape index (κ3) is 1.55. The minimum Gasteiger partial charge on any atom is -0.755 e. The second-order valence-electron chi connectivity index (χ2n) is 2.75. The van der Waals surface area contributed by atoms with Gasteiger partial charge in [-0.2, -0.15) is 0 Å². The number of carbonyl (C=O) groups is 1. The smallest absolute Gasteiger partial charge is 0.251 e. The molecule has 1 aliphatic carbocycles. The van der Waals surface area contributed by atoms with E-state index in [2.05, 4.69) is 6.58 Å². The van der Waals surface area contributed by atoms with Gasteiger partial charge in [0.05, 0.1) is 0 Å². The van der Waals surface area contributed by atoms with Gasteiger partial charge in [-0.3, -0.25) is 13.7 Å². The molecule has 12 heavy (non-hydrogen) atoms. The minimum atomic E-state index is -2.58. The van der Waals surface area contributed by atoms with Gasteiger partial charge in [0.15, 0.2) is 0 Å². The van der Waals surface area contributed by atoms with E-state index < -0.39 is 22.7 Å². The normalized spacial score (nSPS) is 35.3. The summed E-state index contributed by atoms with van der Waals surface area (Å²) >= 11 is -2.58. The largest absolute Gasteiger partial charge is 0.755 e. The lowest BCUT2D eigenvalue weighted by Crippen LogP contribution is -2.44. The summed E-state index contributed by atoms with van der Waals surface area (Å²) in [6, 6.07) is 0. The van der Waals surface area contributed by atoms with E-state index in [4.69, 9.17) is 5.73 Å². The van der Waals surface area contributed by atoms with E-state index >= 15 is 0 Å². The summed E-state index contributed by atoms with van der Waals surface area (Å²) in [7, 11) is 0. The highest BCUT2D eigenvalue weighted by atomic mass is 32.2. The monoisotopic (exact) mass is 189 g/mol. The first-order chi connectivity index (χ1) is 5.50. The Hall–Kier alpha value is -0.720. The molecule has 1 rings (SSSR count). The third-order valence-corrected chi connectivity index (χ3v) is 2.29. The van der Waals surface area contributed by atoms with E-state index in [1.165, 1.54) is 0 Å². The molecule has 0 aromatic heterocycles. The Balaban J connectivity index is 2.55. The Morgan fingerprint density at radius 1 is 1.92 bits per heavy atom. The van der Waals surface area contributed by atoms with Crippen LogP contribution in [0.15, 0.2) is 12.7 Å². The molecule has 3 N–H and O–H groups in total. The molecule has 0 bridgehead atoms. The first-order valence-corrected chi connectivity index (χ1v) is 4.40. The van der Waals surface area contributed by atoms with Crippen LogP contribution in [0, 0.1) is 5.92 Å². The summed E-state index contributed by atoms with van der Waals surface area (Å²) < 4.78 is 21.8. The highest BCUT2D eigenvalue weighted by molar-refractivity contribution is 7.77. The van der Waals surface area contributed by atoms with Crippen LogP contribution in [0.3, 0.4) is 0 Å². The summed E-state index contributed by atoms with van der Waals surface area (Å²) in [5.41, 5.74) is 4.48. The van der Waals surface area contributed by atoms with Crippen LogP contribution in [0.5, 0.6) is 0 Å². The number of nitrogens with two attached hydrogens (primary N) is 1. The fraction of sp³-hybridized carbons (Fsp3) is 0.500. The summed E-state index contributed by atoms with van der Waals surface area (Å²) in [6.45, 7) is 3.47. The van der Waals surface area contributed by atoms with E-state index in [1.807, 2.05) is 0 Å². The van der Waals surface area contributed by atoms with Crippen molar-refractivity contribution in [3.63, 3.8) is 0 Å². The summed E-state index contributed by atoms with van der Waals surface area (Å²) in [5.74, 6) is -0.776. The Bertz CT molecular complexity index is 255. The predicted molar refractivity (Wildman–Crippen MR) is 42.3 cm³/mol. The molecular formula is C6H9N2O3S-. The molecule has 0 heterocycles. The van der Waals surface area contributed by atoms with Gasteiger partial charge < -0.3 is 10.3 Å². The van der Waals surface area contributed by atoms with Crippen molar-refractivity contribution in [1.29, 1.82) is 0 Å². The zero-order valence-corrected chi connectivity index (χ0v) is 7.10. The Morgan fingerprint density at radius 2 is 2.50 bits per heavy atom.